The zero-order valence-electron chi connectivity index (χ0n) is 12.3. The second-order valence-electron chi connectivity index (χ2n) is 7.93. The summed E-state index contributed by atoms with van der Waals surface area (Å²) in [6.45, 7) is 13.3. The highest BCUT2D eigenvalue weighted by Crippen LogP contribution is 2.74. The fraction of sp³-hybridized carbons (Fsp3) is 0.824. The highest BCUT2D eigenvalue weighted by Gasteiger charge is 2.69. The lowest BCUT2D eigenvalue weighted by Gasteiger charge is -2.44. The SMILES string of the molecule is C=CC1(C)C(=O)CC23CC1C(C)(C)C2CCC3C. The van der Waals surface area contributed by atoms with Gasteiger partial charge in [-0.15, -0.1) is 6.58 Å². The Labute approximate surface area is 111 Å². The number of rotatable bonds is 1. The fourth-order valence-electron chi connectivity index (χ4n) is 5.97. The van der Waals surface area contributed by atoms with Crippen LogP contribution >= 0.6 is 0 Å². The van der Waals surface area contributed by atoms with E-state index in [1.54, 1.807) is 0 Å². The van der Waals surface area contributed by atoms with Gasteiger partial charge in [0, 0.05) is 11.8 Å². The van der Waals surface area contributed by atoms with Gasteiger partial charge in [0.25, 0.3) is 0 Å². The first-order valence-electron chi connectivity index (χ1n) is 7.46. The van der Waals surface area contributed by atoms with Gasteiger partial charge in [-0.1, -0.05) is 26.8 Å². The van der Waals surface area contributed by atoms with E-state index in [0.717, 1.165) is 18.3 Å². The van der Waals surface area contributed by atoms with E-state index >= 15 is 0 Å². The van der Waals surface area contributed by atoms with Gasteiger partial charge in [0.15, 0.2) is 0 Å². The highest BCUT2D eigenvalue weighted by molar-refractivity contribution is 5.89. The molecule has 1 spiro atoms. The second kappa shape index (κ2) is 3.29. The first kappa shape index (κ1) is 12.4. The predicted octanol–water partition coefficient (Wildman–Crippen LogP) is 4.23. The monoisotopic (exact) mass is 246 g/mol. The summed E-state index contributed by atoms with van der Waals surface area (Å²) in [5.74, 6) is 2.43. The summed E-state index contributed by atoms with van der Waals surface area (Å²) in [6.07, 6.45) is 6.64. The van der Waals surface area contributed by atoms with Crippen molar-refractivity contribution in [2.45, 2.75) is 53.4 Å². The van der Waals surface area contributed by atoms with E-state index in [1.807, 2.05) is 6.08 Å². The third kappa shape index (κ3) is 1.12. The molecule has 3 fully saturated rings. The van der Waals surface area contributed by atoms with Crippen molar-refractivity contribution in [3.05, 3.63) is 12.7 Å². The van der Waals surface area contributed by atoms with Crippen LogP contribution in [0.5, 0.6) is 0 Å². The number of Topliss-reactive ketones (excluding diaryl/α,β-unsaturated/α-hetero) is 1. The smallest absolute Gasteiger partial charge is 0.143 e. The molecule has 0 heterocycles. The van der Waals surface area contributed by atoms with E-state index in [1.165, 1.54) is 19.3 Å². The van der Waals surface area contributed by atoms with Gasteiger partial charge in [0.1, 0.15) is 5.78 Å². The van der Waals surface area contributed by atoms with Crippen LogP contribution in [-0.4, -0.2) is 5.78 Å². The summed E-state index contributed by atoms with van der Waals surface area (Å²) in [5, 5.41) is 0. The molecule has 3 aliphatic carbocycles. The lowest BCUT2D eigenvalue weighted by atomic mass is 9.58. The van der Waals surface area contributed by atoms with Crippen LogP contribution in [0.3, 0.4) is 0 Å². The molecule has 0 aromatic rings. The molecule has 5 unspecified atom stereocenters. The van der Waals surface area contributed by atoms with Crippen molar-refractivity contribution in [3.8, 4) is 0 Å². The number of ketones is 1. The lowest BCUT2D eigenvalue weighted by molar-refractivity contribution is -0.135. The van der Waals surface area contributed by atoms with Gasteiger partial charge in [-0.25, -0.2) is 0 Å². The van der Waals surface area contributed by atoms with Gasteiger partial charge >= 0.3 is 0 Å². The first-order chi connectivity index (χ1) is 8.29. The van der Waals surface area contributed by atoms with Gasteiger partial charge < -0.3 is 0 Å². The van der Waals surface area contributed by atoms with E-state index in [-0.39, 0.29) is 5.41 Å². The van der Waals surface area contributed by atoms with Gasteiger partial charge in [-0.3, -0.25) is 4.79 Å². The van der Waals surface area contributed by atoms with Crippen molar-refractivity contribution in [2.75, 3.05) is 0 Å². The fourth-order valence-corrected chi connectivity index (χ4v) is 5.97. The minimum absolute atomic E-state index is 0.279. The Hall–Kier alpha value is -0.590. The van der Waals surface area contributed by atoms with Crippen LogP contribution in [0.1, 0.15) is 53.4 Å². The maximum absolute atomic E-state index is 12.7. The molecular formula is C17H26O. The van der Waals surface area contributed by atoms with Gasteiger partial charge in [0.05, 0.1) is 0 Å². The highest BCUT2D eigenvalue weighted by atomic mass is 16.1. The predicted molar refractivity (Wildman–Crippen MR) is 74.1 cm³/mol. The Bertz CT molecular complexity index is 421. The van der Waals surface area contributed by atoms with Crippen LogP contribution in [0.2, 0.25) is 0 Å². The van der Waals surface area contributed by atoms with E-state index < -0.39 is 0 Å². The summed E-state index contributed by atoms with van der Waals surface area (Å²) >= 11 is 0. The Morgan fingerprint density at radius 2 is 1.89 bits per heavy atom. The van der Waals surface area contributed by atoms with Crippen molar-refractivity contribution in [1.82, 2.24) is 0 Å². The number of hydrogen-bond donors (Lipinski definition) is 0. The van der Waals surface area contributed by atoms with Crippen LogP contribution < -0.4 is 0 Å². The molecule has 0 N–H and O–H groups in total. The molecule has 1 nitrogen and oxygen atoms in total. The molecule has 0 aromatic carbocycles. The number of fused-ring (bicyclic) bond motifs is 1. The molecule has 0 aromatic heterocycles. The largest absolute Gasteiger partial charge is 0.299 e. The quantitative estimate of drug-likeness (QED) is 0.633. The average molecular weight is 246 g/mol. The van der Waals surface area contributed by atoms with Crippen LogP contribution in [0.15, 0.2) is 12.7 Å². The summed E-state index contributed by atoms with van der Waals surface area (Å²) in [7, 11) is 0. The topological polar surface area (TPSA) is 17.1 Å². The Kier molecular flexibility index (Phi) is 2.28. The molecule has 0 aliphatic heterocycles. The molecule has 3 saturated carbocycles. The Balaban J connectivity index is 2.15. The van der Waals surface area contributed by atoms with E-state index in [4.69, 9.17) is 0 Å². The molecule has 3 rings (SSSR count). The zero-order valence-corrected chi connectivity index (χ0v) is 12.3. The summed E-state index contributed by atoms with van der Waals surface area (Å²) in [6, 6.07) is 0. The summed E-state index contributed by atoms with van der Waals surface area (Å²) in [4.78, 5) is 12.7. The summed E-state index contributed by atoms with van der Waals surface area (Å²) in [5.41, 5.74) is 0.340. The molecule has 5 atom stereocenters. The molecular weight excluding hydrogens is 220 g/mol. The molecule has 3 aliphatic rings. The Morgan fingerprint density at radius 1 is 1.22 bits per heavy atom. The van der Waals surface area contributed by atoms with Crippen LogP contribution in [0.25, 0.3) is 0 Å². The van der Waals surface area contributed by atoms with Crippen LogP contribution in [-0.2, 0) is 4.79 Å². The van der Waals surface area contributed by atoms with Gasteiger partial charge in [-0.2, -0.15) is 0 Å². The third-order valence-corrected chi connectivity index (χ3v) is 7.18. The van der Waals surface area contributed by atoms with Crippen molar-refractivity contribution < 1.29 is 4.79 Å². The maximum Gasteiger partial charge on any atom is 0.143 e. The van der Waals surface area contributed by atoms with Crippen molar-refractivity contribution in [1.29, 1.82) is 0 Å². The first-order valence-corrected chi connectivity index (χ1v) is 7.46. The number of hydrogen-bond acceptors (Lipinski definition) is 1. The lowest BCUT2D eigenvalue weighted by Crippen LogP contribution is -2.44. The minimum atomic E-state index is -0.279. The third-order valence-electron chi connectivity index (χ3n) is 7.18. The molecule has 100 valence electrons. The van der Waals surface area contributed by atoms with Crippen molar-refractivity contribution in [3.63, 3.8) is 0 Å². The van der Waals surface area contributed by atoms with E-state index in [0.29, 0.717) is 22.5 Å². The molecule has 0 radical (unpaired) electrons. The average Bonchev–Trinajstić information content (AvgIpc) is 2.71. The van der Waals surface area contributed by atoms with E-state index in [2.05, 4.69) is 34.3 Å². The molecule has 0 amide bonds. The summed E-state index contributed by atoms with van der Waals surface area (Å²) < 4.78 is 0. The number of allylic oxidation sites excluding steroid dienone is 1. The normalized spacial score (nSPS) is 53.3. The molecule has 2 bridgehead atoms. The zero-order chi connectivity index (χ0) is 13.3. The van der Waals surface area contributed by atoms with Gasteiger partial charge in [0.2, 0.25) is 0 Å². The molecule has 18 heavy (non-hydrogen) atoms. The molecule has 0 saturated heterocycles. The van der Waals surface area contributed by atoms with Crippen molar-refractivity contribution >= 4 is 5.78 Å². The van der Waals surface area contributed by atoms with Gasteiger partial charge in [-0.05, 0) is 54.8 Å². The van der Waals surface area contributed by atoms with Crippen LogP contribution in [0.4, 0.5) is 0 Å². The minimum Gasteiger partial charge on any atom is -0.299 e. The van der Waals surface area contributed by atoms with Crippen LogP contribution in [0, 0.1) is 34.0 Å². The standard InChI is InChI=1S/C17H26O/c1-6-16(5)13-9-17(10-14(16)18)11(2)7-8-12(17)15(13,3)4/h6,11-13H,1,7-10H2,2-5H3. The van der Waals surface area contributed by atoms with E-state index in [9.17, 15) is 4.79 Å². The Morgan fingerprint density at radius 3 is 2.50 bits per heavy atom. The molecule has 1 heteroatoms. The van der Waals surface area contributed by atoms with Crippen molar-refractivity contribution in [2.24, 2.45) is 34.0 Å². The number of carbonyl (C=O) groups excluding carboxylic acids is 1. The number of carbonyl (C=O) groups is 1. The second-order valence-corrected chi connectivity index (χ2v) is 7.93. The maximum atomic E-state index is 12.7.